The number of rotatable bonds is 3. The third-order valence-corrected chi connectivity index (χ3v) is 4.26. The molecule has 1 aromatic carbocycles. The average Bonchev–Trinajstić information content (AvgIpc) is 2.61. The van der Waals surface area contributed by atoms with E-state index in [-0.39, 0.29) is 5.82 Å². The largest absolute Gasteiger partial charge is 0.417 e. The summed E-state index contributed by atoms with van der Waals surface area (Å²) in [5.74, 6) is 0.201. The molecule has 0 radical (unpaired) electrons. The zero-order chi connectivity index (χ0) is 18.0. The average molecular weight is 354 g/mol. The predicted molar refractivity (Wildman–Crippen MR) is 89.6 cm³/mol. The summed E-state index contributed by atoms with van der Waals surface area (Å²) >= 11 is 0. The summed E-state index contributed by atoms with van der Waals surface area (Å²) in [6.07, 6.45) is -3.54. The molecule has 1 aliphatic rings. The molecule has 25 heavy (non-hydrogen) atoms. The predicted octanol–water partition coefficient (Wildman–Crippen LogP) is 3.61. The Balaban J connectivity index is 1.66. The lowest BCUT2D eigenvalue weighted by Crippen LogP contribution is -2.47. The number of piperazine rings is 1. The van der Waals surface area contributed by atoms with Crippen LogP contribution in [-0.4, -0.2) is 38.2 Å². The van der Waals surface area contributed by atoms with Crippen molar-refractivity contribution in [2.45, 2.75) is 6.18 Å². The standard InChI is InChI=1S/C17H18F4N4/c1-22-13-3-4-15(14(18)10-13)24-6-8-25(9-7-24)16-5-2-12(11-23-16)17(19,20)21/h2-5,10-11,22H,6-9H2,1H3. The lowest BCUT2D eigenvalue weighted by atomic mass is 10.2. The van der Waals surface area contributed by atoms with Crippen LogP contribution in [-0.2, 0) is 6.18 Å². The molecule has 1 fully saturated rings. The highest BCUT2D eigenvalue weighted by Gasteiger charge is 2.31. The molecule has 1 aromatic heterocycles. The zero-order valence-corrected chi connectivity index (χ0v) is 13.6. The van der Waals surface area contributed by atoms with Gasteiger partial charge in [-0.1, -0.05) is 0 Å². The fourth-order valence-electron chi connectivity index (χ4n) is 2.84. The highest BCUT2D eigenvalue weighted by Crippen LogP contribution is 2.30. The van der Waals surface area contributed by atoms with Crippen LogP contribution in [0.5, 0.6) is 0 Å². The van der Waals surface area contributed by atoms with Gasteiger partial charge in [-0.25, -0.2) is 9.37 Å². The number of nitrogens with one attached hydrogen (secondary N) is 1. The number of halogens is 4. The second-order valence-electron chi connectivity index (χ2n) is 5.79. The smallest absolute Gasteiger partial charge is 0.388 e. The molecule has 8 heteroatoms. The van der Waals surface area contributed by atoms with E-state index in [1.165, 1.54) is 12.1 Å². The Hall–Kier alpha value is -2.51. The number of hydrogen-bond acceptors (Lipinski definition) is 4. The van der Waals surface area contributed by atoms with Gasteiger partial charge in [0.2, 0.25) is 0 Å². The molecule has 134 valence electrons. The van der Waals surface area contributed by atoms with Crippen LogP contribution in [0.2, 0.25) is 0 Å². The van der Waals surface area contributed by atoms with E-state index in [2.05, 4.69) is 10.3 Å². The van der Waals surface area contributed by atoms with Crippen LogP contribution in [0.3, 0.4) is 0 Å². The normalized spacial score (nSPS) is 15.4. The molecular formula is C17H18F4N4. The van der Waals surface area contributed by atoms with E-state index in [1.54, 1.807) is 13.1 Å². The van der Waals surface area contributed by atoms with Crippen LogP contribution in [0.25, 0.3) is 0 Å². The molecule has 0 atom stereocenters. The third kappa shape index (κ3) is 3.78. The Kier molecular flexibility index (Phi) is 4.69. The van der Waals surface area contributed by atoms with Crippen LogP contribution >= 0.6 is 0 Å². The van der Waals surface area contributed by atoms with Crippen molar-refractivity contribution in [1.82, 2.24) is 4.98 Å². The van der Waals surface area contributed by atoms with Gasteiger partial charge in [-0.05, 0) is 30.3 Å². The molecule has 0 spiro atoms. The maximum Gasteiger partial charge on any atom is 0.417 e. The Morgan fingerprint density at radius 2 is 1.68 bits per heavy atom. The van der Waals surface area contributed by atoms with Gasteiger partial charge < -0.3 is 15.1 Å². The summed E-state index contributed by atoms with van der Waals surface area (Å²) in [4.78, 5) is 7.74. The second kappa shape index (κ2) is 6.78. The number of alkyl halides is 3. The summed E-state index contributed by atoms with van der Waals surface area (Å²) in [6.45, 7) is 2.26. The maximum absolute atomic E-state index is 14.2. The highest BCUT2D eigenvalue weighted by atomic mass is 19.4. The fraction of sp³-hybridized carbons (Fsp3) is 0.353. The van der Waals surface area contributed by atoms with Gasteiger partial charge in [0.25, 0.3) is 0 Å². The number of anilines is 3. The number of nitrogens with zero attached hydrogens (tertiary/aromatic N) is 3. The van der Waals surface area contributed by atoms with Crippen molar-refractivity contribution in [1.29, 1.82) is 0 Å². The zero-order valence-electron chi connectivity index (χ0n) is 13.6. The minimum Gasteiger partial charge on any atom is -0.388 e. The minimum absolute atomic E-state index is 0.298. The summed E-state index contributed by atoms with van der Waals surface area (Å²) in [6, 6.07) is 7.39. The molecule has 2 aromatic rings. The summed E-state index contributed by atoms with van der Waals surface area (Å²) in [5.41, 5.74) is 0.467. The van der Waals surface area contributed by atoms with Gasteiger partial charge in [-0.2, -0.15) is 13.2 Å². The van der Waals surface area contributed by atoms with Crippen LogP contribution in [0.1, 0.15) is 5.56 Å². The molecule has 2 heterocycles. The summed E-state index contributed by atoms with van der Waals surface area (Å²) < 4.78 is 52.0. The van der Waals surface area contributed by atoms with Gasteiger partial charge in [-0.15, -0.1) is 0 Å². The minimum atomic E-state index is -4.39. The molecule has 0 amide bonds. The number of aromatic nitrogens is 1. The van der Waals surface area contributed by atoms with Crippen LogP contribution < -0.4 is 15.1 Å². The molecule has 3 rings (SSSR count). The van der Waals surface area contributed by atoms with Crippen molar-refractivity contribution in [3.8, 4) is 0 Å². The van der Waals surface area contributed by atoms with E-state index >= 15 is 0 Å². The molecule has 1 saturated heterocycles. The fourth-order valence-corrected chi connectivity index (χ4v) is 2.84. The van der Waals surface area contributed by atoms with E-state index in [9.17, 15) is 17.6 Å². The lowest BCUT2D eigenvalue weighted by molar-refractivity contribution is -0.137. The van der Waals surface area contributed by atoms with E-state index in [0.29, 0.717) is 43.4 Å². The Morgan fingerprint density at radius 1 is 1.00 bits per heavy atom. The summed E-state index contributed by atoms with van der Waals surface area (Å²) in [5, 5.41) is 2.89. The van der Waals surface area contributed by atoms with E-state index in [1.807, 2.05) is 15.9 Å². The van der Waals surface area contributed by atoms with Crippen LogP contribution in [0.15, 0.2) is 36.5 Å². The van der Waals surface area contributed by atoms with Crippen molar-refractivity contribution in [2.24, 2.45) is 0 Å². The number of hydrogen-bond donors (Lipinski definition) is 1. The van der Waals surface area contributed by atoms with E-state index < -0.39 is 11.7 Å². The van der Waals surface area contributed by atoms with Crippen molar-refractivity contribution in [3.63, 3.8) is 0 Å². The Morgan fingerprint density at radius 3 is 2.20 bits per heavy atom. The first-order chi connectivity index (χ1) is 11.9. The first kappa shape index (κ1) is 17.3. The summed E-state index contributed by atoms with van der Waals surface area (Å²) in [7, 11) is 1.73. The monoisotopic (exact) mass is 354 g/mol. The maximum atomic E-state index is 14.2. The van der Waals surface area contributed by atoms with Gasteiger partial charge in [0.1, 0.15) is 11.6 Å². The molecule has 1 aliphatic heterocycles. The molecule has 0 bridgehead atoms. The van der Waals surface area contributed by atoms with Gasteiger partial charge >= 0.3 is 6.18 Å². The van der Waals surface area contributed by atoms with E-state index in [0.717, 1.165) is 12.3 Å². The van der Waals surface area contributed by atoms with Crippen molar-refractivity contribution in [2.75, 3.05) is 48.3 Å². The van der Waals surface area contributed by atoms with Gasteiger partial charge in [-0.3, -0.25) is 0 Å². The topological polar surface area (TPSA) is 31.4 Å². The highest BCUT2D eigenvalue weighted by molar-refractivity contribution is 5.57. The van der Waals surface area contributed by atoms with E-state index in [4.69, 9.17) is 0 Å². The molecule has 0 aliphatic carbocycles. The van der Waals surface area contributed by atoms with Gasteiger partial charge in [0, 0.05) is 45.1 Å². The molecule has 4 nitrogen and oxygen atoms in total. The number of benzene rings is 1. The molecule has 0 unspecified atom stereocenters. The lowest BCUT2D eigenvalue weighted by Gasteiger charge is -2.37. The molecule has 1 N–H and O–H groups in total. The van der Waals surface area contributed by atoms with Crippen LogP contribution in [0, 0.1) is 5.82 Å². The third-order valence-electron chi connectivity index (χ3n) is 4.26. The SMILES string of the molecule is CNc1ccc(N2CCN(c3ccc(C(F)(F)F)cn3)CC2)c(F)c1. The van der Waals surface area contributed by atoms with Gasteiger partial charge in [0.05, 0.1) is 11.3 Å². The first-order valence-corrected chi connectivity index (χ1v) is 7.89. The first-order valence-electron chi connectivity index (χ1n) is 7.89. The molecule has 0 saturated carbocycles. The van der Waals surface area contributed by atoms with Crippen molar-refractivity contribution in [3.05, 3.63) is 47.9 Å². The van der Waals surface area contributed by atoms with Gasteiger partial charge in [0.15, 0.2) is 0 Å². The molecular weight excluding hydrogens is 336 g/mol. The van der Waals surface area contributed by atoms with Crippen molar-refractivity contribution >= 4 is 17.2 Å². The van der Waals surface area contributed by atoms with Crippen molar-refractivity contribution < 1.29 is 17.6 Å². The second-order valence-corrected chi connectivity index (χ2v) is 5.79. The Bertz CT molecular complexity index is 722. The Labute approximate surface area is 143 Å². The number of pyridine rings is 1. The van der Waals surface area contributed by atoms with Crippen LogP contribution in [0.4, 0.5) is 34.8 Å². The quantitative estimate of drug-likeness (QED) is 0.854.